The molecule has 0 bridgehead atoms. The predicted octanol–water partition coefficient (Wildman–Crippen LogP) is 2.56. The van der Waals surface area contributed by atoms with Crippen molar-refractivity contribution < 1.29 is 9.13 Å². The van der Waals surface area contributed by atoms with Crippen LogP contribution in [0.5, 0.6) is 5.75 Å². The molecule has 0 aliphatic carbocycles. The van der Waals surface area contributed by atoms with Crippen molar-refractivity contribution in [2.75, 3.05) is 18.2 Å². The topological polar surface area (TPSA) is 60.2 Å². The van der Waals surface area contributed by atoms with Crippen LogP contribution in [0.4, 0.5) is 21.5 Å². The molecule has 0 saturated carbocycles. The van der Waals surface area contributed by atoms with Gasteiger partial charge in [-0.05, 0) is 24.3 Å². The maximum absolute atomic E-state index is 13.7. The molecule has 17 heavy (non-hydrogen) atoms. The van der Waals surface area contributed by atoms with E-state index in [0.29, 0.717) is 5.69 Å². The van der Waals surface area contributed by atoms with Gasteiger partial charge in [0.25, 0.3) is 0 Å². The van der Waals surface area contributed by atoms with Crippen LogP contribution >= 0.6 is 0 Å². The van der Waals surface area contributed by atoms with Gasteiger partial charge in [-0.3, -0.25) is 4.98 Å². The number of nitrogen functional groups attached to an aromatic ring is 1. The average molecular weight is 233 g/mol. The van der Waals surface area contributed by atoms with Crippen molar-refractivity contribution in [3.63, 3.8) is 0 Å². The second kappa shape index (κ2) is 4.69. The molecule has 0 saturated heterocycles. The normalized spacial score (nSPS) is 10.0. The van der Waals surface area contributed by atoms with E-state index in [1.165, 1.54) is 13.2 Å². The van der Waals surface area contributed by atoms with Crippen LogP contribution in [0.2, 0.25) is 0 Å². The molecular formula is C12H12FN3O. The molecule has 3 N–H and O–H groups in total. The summed E-state index contributed by atoms with van der Waals surface area (Å²) < 4.78 is 18.7. The van der Waals surface area contributed by atoms with Crippen molar-refractivity contribution in [1.82, 2.24) is 4.98 Å². The molecule has 0 aliphatic rings. The van der Waals surface area contributed by atoms with Gasteiger partial charge in [-0.2, -0.15) is 0 Å². The van der Waals surface area contributed by atoms with Crippen LogP contribution in [0.25, 0.3) is 0 Å². The highest BCUT2D eigenvalue weighted by molar-refractivity contribution is 5.69. The van der Waals surface area contributed by atoms with E-state index in [1.807, 2.05) is 0 Å². The van der Waals surface area contributed by atoms with Crippen molar-refractivity contribution in [2.45, 2.75) is 0 Å². The molecule has 0 unspecified atom stereocenters. The van der Waals surface area contributed by atoms with E-state index < -0.39 is 5.82 Å². The van der Waals surface area contributed by atoms with Crippen molar-refractivity contribution in [3.8, 4) is 5.75 Å². The van der Waals surface area contributed by atoms with Crippen LogP contribution in [0.15, 0.2) is 36.7 Å². The molecule has 1 aromatic carbocycles. The zero-order valence-corrected chi connectivity index (χ0v) is 9.27. The lowest BCUT2D eigenvalue weighted by atomic mass is 10.2. The summed E-state index contributed by atoms with van der Waals surface area (Å²) in [4.78, 5) is 3.90. The van der Waals surface area contributed by atoms with Crippen molar-refractivity contribution in [1.29, 1.82) is 0 Å². The molecule has 1 heterocycles. The second-order valence-electron chi connectivity index (χ2n) is 3.41. The van der Waals surface area contributed by atoms with Gasteiger partial charge in [-0.15, -0.1) is 0 Å². The Kier molecular flexibility index (Phi) is 3.09. The molecule has 1 aromatic heterocycles. The first-order chi connectivity index (χ1) is 8.22. The molecule has 88 valence electrons. The minimum absolute atomic E-state index is 0.0575. The minimum Gasteiger partial charge on any atom is -0.492 e. The Morgan fingerprint density at radius 3 is 2.59 bits per heavy atom. The first kappa shape index (κ1) is 11.2. The van der Waals surface area contributed by atoms with E-state index in [1.54, 1.807) is 30.6 Å². The lowest BCUT2D eigenvalue weighted by molar-refractivity contribution is 0.390. The number of pyridine rings is 1. The average Bonchev–Trinajstić information content (AvgIpc) is 2.36. The Labute approximate surface area is 98.2 Å². The zero-order chi connectivity index (χ0) is 12.3. The monoisotopic (exact) mass is 233 g/mol. The van der Waals surface area contributed by atoms with E-state index in [2.05, 4.69) is 10.3 Å². The van der Waals surface area contributed by atoms with Crippen LogP contribution in [0.3, 0.4) is 0 Å². The molecule has 2 rings (SSSR count). The standard InChI is InChI=1S/C12H12FN3O/c1-17-12-10(3-2-9(14)11(12)13)16-8-4-6-15-7-5-8/h2-7H,14H2,1H3,(H,15,16). The van der Waals surface area contributed by atoms with Gasteiger partial charge in [0.2, 0.25) is 0 Å². The summed E-state index contributed by atoms with van der Waals surface area (Å²) in [6.07, 6.45) is 3.28. The summed E-state index contributed by atoms with van der Waals surface area (Å²) in [6, 6.07) is 6.69. The molecule has 0 fully saturated rings. The van der Waals surface area contributed by atoms with Gasteiger partial charge in [0.05, 0.1) is 18.5 Å². The number of ether oxygens (including phenoxy) is 1. The maximum atomic E-state index is 13.7. The van der Waals surface area contributed by atoms with Gasteiger partial charge in [0.1, 0.15) is 0 Å². The fourth-order valence-electron chi connectivity index (χ4n) is 1.46. The molecule has 0 amide bonds. The number of methoxy groups -OCH3 is 1. The third kappa shape index (κ3) is 2.28. The Morgan fingerprint density at radius 1 is 1.24 bits per heavy atom. The summed E-state index contributed by atoms with van der Waals surface area (Å²) in [5.41, 5.74) is 6.84. The van der Waals surface area contributed by atoms with E-state index >= 15 is 0 Å². The van der Waals surface area contributed by atoms with Gasteiger partial charge in [-0.1, -0.05) is 0 Å². The third-order valence-corrected chi connectivity index (χ3v) is 2.29. The summed E-state index contributed by atoms with van der Waals surface area (Å²) in [5.74, 6) is -0.464. The molecule has 0 radical (unpaired) electrons. The third-order valence-electron chi connectivity index (χ3n) is 2.29. The summed E-state index contributed by atoms with van der Waals surface area (Å²) >= 11 is 0. The molecule has 4 nitrogen and oxygen atoms in total. The predicted molar refractivity (Wildman–Crippen MR) is 64.9 cm³/mol. The number of hydrogen-bond acceptors (Lipinski definition) is 4. The molecule has 5 heteroatoms. The summed E-state index contributed by atoms with van der Waals surface area (Å²) in [5, 5.41) is 3.03. The molecular weight excluding hydrogens is 221 g/mol. The molecule has 0 aliphatic heterocycles. The van der Waals surface area contributed by atoms with Crippen LogP contribution in [0.1, 0.15) is 0 Å². The fraction of sp³-hybridized carbons (Fsp3) is 0.0833. The van der Waals surface area contributed by atoms with Gasteiger partial charge >= 0.3 is 0 Å². The van der Waals surface area contributed by atoms with Crippen LogP contribution in [0, 0.1) is 5.82 Å². The number of nitrogens with two attached hydrogens (primary N) is 1. The summed E-state index contributed by atoms with van der Waals surface area (Å²) in [7, 11) is 1.40. The van der Waals surface area contributed by atoms with Gasteiger partial charge in [0, 0.05) is 18.1 Å². The summed E-state index contributed by atoms with van der Waals surface area (Å²) in [6.45, 7) is 0. The Hall–Kier alpha value is -2.30. The molecule has 0 atom stereocenters. The molecule has 0 spiro atoms. The van der Waals surface area contributed by atoms with Gasteiger partial charge < -0.3 is 15.8 Å². The first-order valence-electron chi connectivity index (χ1n) is 5.01. The lowest BCUT2D eigenvalue weighted by Gasteiger charge is -2.12. The number of benzene rings is 1. The lowest BCUT2D eigenvalue weighted by Crippen LogP contribution is -2.00. The minimum atomic E-state index is -0.563. The Balaban J connectivity index is 2.37. The smallest absolute Gasteiger partial charge is 0.190 e. The number of rotatable bonds is 3. The highest BCUT2D eigenvalue weighted by Crippen LogP contribution is 2.33. The Bertz CT molecular complexity index is 517. The van der Waals surface area contributed by atoms with Gasteiger partial charge in [0.15, 0.2) is 11.6 Å². The highest BCUT2D eigenvalue weighted by Gasteiger charge is 2.12. The van der Waals surface area contributed by atoms with Crippen LogP contribution in [-0.2, 0) is 0 Å². The number of halogens is 1. The van der Waals surface area contributed by atoms with Crippen LogP contribution in [-0.4, -0.2) is 12.1 Å². The highest BCUT2D eigenvalue weighted by atomic mass is 19.1. The Morgan fingerprint density at radius 2 is 1.94 bits per heavy atom. The van der Waals surface area contributed by atoms with E-state index in [0.717, 1.165) is 5.69 Å². The van der Waals surface area contributed by atoms with Crippen molar-refractivity contribution >= 4 is 17.1 Å². The number of aromatic nitrogens is 1. The van der Waals surface area contributed by atoms with E-state index in [4.69, 9.17) is 10.5 Å². The quantitative estimate of drug-likeness (QED) is 0.800. The number of nitrogens with one attached hydrogen (secondary N) is 1. The zero-order valence-electron chi connectivity index (χ0n) is 9.27. The first-order valence-corrected chi connectivity index (χ1v) is 5.01. The maximum Gasteiger partial charge on any atom is 0.190 e. The van der Waals surface area contributed by atoms with Crippen LogP contribution < -0.4 is 15.8 Å². The van der Waals surface area contributed by atoms with E-state index in [-0.39, 0.29) is 11.4 Å². The second-order valence-corrected chi connectivity index (χ2v) is 3.41. The number of hydrogen-bond donors (Lipinski definition) is 2. The van der Waals surface area contributed by atoms with Crippen molar-refractivity contribution in [2.24, 2.45) is 0 Å². The molecule has 2 aromatic rings. The largest absolute Gasteiger partial charge is 0.492 e. The van der Waals surface area contributed by atoms with E-state index in [9.17, 15) is 4.39 Å². The van der Waals surface area contributed by atoms with Gasteiger partial charge in [-0.25, -0.2) is 4.39 Å². The van der Waals surface area contributed by atoms with Crippen molar-refractivity contribution in [3.05, 3.63) is 42.5 Å². The number of anilines is 3. The SMILES string of the molecule is COc1c(Nc2ccncc2)ccc(N)c1F. The number of nitrogens with zero attached hydrogens (tertiary/aromatic N) is 1. The fourth-order valence-corrected chi connectivity index (χ4v) is 1.46.